The first-order valence-corrected chi connectivity index (χ1v) is 6.89. The fraction of sp³-hybridized carbons (Fsp3) is 1.00. The first-order valence-electron chi connectivity index (χ1n) is 6.89. The quantitative estimate of drug-likeness (QED) is 0.531. The van der Waals surface area contributed by atoms with Crippen LogP contribution < -0.4 is 5.32 Å². The van der Waals surface area contributed by atoms with Crippen molar-refractivity contribution in [2.75, 3.05) is 13.1 Å². The topological polar surface area (TPSA) is 12.0 Å². The molecule has 1 N–H and O–H groups in total. The molecule has 1 nitrogen and oxygen atoms in total. The van der Waals surface area contributed by atoms with Crippen LogP contribution in [-0.4, -0.2) is 13.1 Å². The molecule has 1 atom stereocenters. The highest BCUT2D eigenvalue weighted by Crippen LogP contribution is 2.29. The molecule has 1 unspecified atom stereocenters. The lowest BCUT2D eigenvalue weighted by atomic mass is 9.80. The number of rotatable bonds is 10. The predicted octanol–water partition coefficient (Wildman–Crippen LogP) is 4.37. The van der Waals surface area contributed by atoms with Crippen molar-refractivity contribution in [2.45, 2.75) is 72.6 Å². The van der Waals surface area contributed by atoms with Gasteiger partial charge in [0.15, 0.2) is 0 Å². The standard InChI is InChI=1S/C14H31N/c1-5-8-9-11-14(4,10-6-2)13-15-12-7-3/h15H,5-13H2,1-4H3. The highest BCUT2D eigenvalue weighted by molar-refractivity contribution is 4.76. The van der Waals surface area contributed by atoms with Crippen LogP contribution in [0.15, 0.2) is 0 Å². The molecule has 92 valence electrons. The van der Waals surface area contributed by atoms with Gasteiger partial charge in [0.25, 0.3) is 0 Å². The third kappa shape index (κ3) is 7.84. The van der Waals surface area contributed by atoms with E-state index in [0.29, 0.717) is 5.41 Å². The Balaban J connectivity index is 3.83. The number of nitrogens with one attached hydrogen (secondary N) is 1. The van der Waals surface area contributed by atoms with Crippen molar-refractivity contribution in [3.8, 4) is 0 Å². The fourth-order valence-corrected chi connectivity index (χ4v) is 2.27. The van der Waals surface area contributed by atoms with Crippen molar-refractivity contribution < 1.29 is 0 Å². The van der Waals surface area contributed by atoms with E-state index in [1.54, 1.807) is 0 Å². The number of hydrogen-bond acceptors (Lipinski definition) is 1. The minimum atomic E-state index is 0.541. The van der Waals surface area contributed by atoms with Crippen LogP contribution in [-0.2, 0) is 0 Å². The van der Waals surface area contributed by atoms with E-state index in [4.69, 9.17) is 0 Å². The zero-order valence-electron chi connectivity index (χ0n) is 11.4. The molecule has 0 fully saturated rings. The van der Waals surface area contributed by atoms with E-state index in [9.17, 15) is 0 Å². The molecule has 0 amide bonds. The Labute approximate surface area is 97.0 Å². The third-order valence-electron chi connectivity index (χ3n) is 3.22. The molecule has 0 aromatic heterocycles. The summed E-state index contributed by atoms with van der Waals surface area (Å²) >= 11 is 0. The van der Waals surface area contributed by atoms with Gasteiger partial charge in [0.2, 0.25) is 0 Å². The van der Waals surface area contributed by atoms with Crippen LogP contribution in [0.5, 0.6) is 0 Å². The molecule has 0 aromatic rings. The van der Waals surface area contributed by atoms with Gasteiger partial charge in [0.05, 0.1) is 0 Å². The van der Waals surface area contributed by atoms with Crippen LogP contribution >= 0.6 is 0 Å². The van der Waals surface area contributed by atoms with E-state index in [-0.39, 0.29) is 0 Å². The summed E-state index contributed by atoms with van der Waals surface area (Å²) in [5, 5.41) is 3.59. The van der Waals surface area contributed by atoms with Crippen molar-refractivity contribution >= 4 is 0 Å². The molecule has 0 bridgehead atoms. The smallest absolute Gasteiger partial charge is 0.000516 e. The van der Waals surface area contributed by atoms with Gasteiger partial charge in [-0.1, -0.05) is 53.4 Å². The molecule has 0 spiro atoms. The van der Waals surface area contributed by atoms with E-state index in [1.165, 1.54) is 58.0 Å². The lowest BCUT2D eigenvalue weighted by molar-refractivity contribution is 0.247. The van der Waals surface area contributed by atoms with Crippen molar-refractivity contribution in [1.29, 1.82) is 0 Å². The molecule has 0 heterocycles. The molecule has 1 heteroatoms. The summed E-state index contributed by atoms with van der Waals surface area (Å²) in [6.07, 6.45) is 9.46. The molecule has 0 saturated heterocycles. The zero-order valence-corrected chi connectivity index (χ0v) is 11.4. The molecule has 15 heavy (non-hydrogen) atoms. The van der Waals surface area contributed by atoms with Crippen molar-refractivity contribution in [1.82, 2.24) is 5.32 Å². The Hall–Kier alpha value is -0.0400. The van der Waals surface area contributed by atoms with Gasteiger partial charge in [0, 0.05) is 6.54 Å². The minimum Gasteiger partial charge on any atom is -0.316 e. The summed E-state index contributed by atoms with van der Waals surface area (Å²) < 4.78 is 0. The van der Waals surface area contributed by atoms with Crippen molar-refractivity contribution in [2.24, 2.45) is 5.41 Å². The van der Waals surface area contributed by atoms with Gasteiger partial charge in [-0.3, -0.25) is 0 Å². The largest absolute Gasteiger partial charge is 0.316 e. The van der Waals surface area contributed by atoms with E-state index < -0.39 is 0 Å². The summed E-state index contributed by atoms with van der Waals surface area (Å²) in [4.78, 5) is 0. The van der Waals surface area contributed by atoms with Crippen LogP contribution in [0.4, 0.5) is 0 Å². The normalized spacial score (nSPS) is 15.2. The van der Waals surface area contributed by atoms with E-state index >= 15 is 0 Å². The SMILES string of the molecule is CCCCCC(C)(CCC)CNCCC. The number of hydrogen-bond donors (Lipinski definition) is 1. The van der Waals surface area contributed by atoms with Gasteiger partial charge in [-0.05, 0) is 31.2 Å². The highest BCUT2D eigenvalue weighted by Gasteiger charge is 2.21. The molecular weight excluding hydrogens is 182 g/mol. The fourth-order valence-electron chi connectivity index (χ4n) is 2.27. The minimum absolute atomic E-state index is 0.541. The molecule has 0 aliphatic rings. The van der Waals surface area contributed by atoms with Crippen LogP contribution in [0, 0.1) is 5.41 Å². The van der Waals surface area contributed by atoms with Crippen LogP contribution in [0.2, 0.25) is 0 Å². The van der Waals surface area contributed by atoms with Gasteiger partial charge >= 0.3 is 0 Å². The van der Waals surface area contributed by atoms with E-state index in [2.05, 4.69) is 33.0 Å². The van der Waals surface area contributed by atoms with Gasteiger partial charge in [0.1, 0.15) is 0 Å². The second kappa shape index (κ2) is 9.21. The summed E-state index contributed by atoms with van der Waals surface area (Å²) in [5.74, 6) is 0. The van der Waals surface area contributed by atoms with Crippen LogP contribution in [0.1, 0.15) is 72.6 Å². The monoisotopic (exact) mass is 213 g/mol. The molecule has 0 aromatic carbocycles. The first kappa shape index (κ1) is 15.0. The van der Waals surface area contributed by atoms with Crippen LogP contribution in [0.25, 0.3) is 0 Å². The molecule has 0 aliphatic carbocycles. The maximum atomic E-state index is 3.59. The summed E-state index contributed by atoms with van der Waals surface area (Å²) in [6, 6.07) is 0. The van der Waals surface area contributed by atoms with Gasteiger partial charge in [-0.25, -0.2) is 0 Å². The Bertz CT molecular complexity index is 121. The highest BCUT2D eigenvalue weighted by atomic mass is 14.9. The molecular formula is C14H31N. The van der Waals surface area contributed by atoms with Crippen molar-refractivity contribution in [3.05, 3.63) is 0 Å². The summed E-state index contributed by atoms with van der Waals surface area (Å²) in [6.45, 7) is 11.7. The second-order valence-electron chi connectivity index (χ2n) is 5.19. The molecule has 0 rings (SSSR count). The zero-order chi connectivity index (χ0) is 11.6. The molecule has 0 aliphatic heterocycles. The van der Waals surface area contributed by atoms with Gasteiger partial charge in [-0.2, -0.15) is 0 Å². The van der Waals surface area contributed by atoms with E-state index in [1.807, 2.05) is 0 Å². The Morgan fingerprint density at radius 2 is 1.60 bits per heavy atom. The lowest BCUT2D eigenvalue weighted by Crippen LogP contribution is -2.32. The second-order valence-corrected chi connectivity index (χ2v) is 5.19. The van der Waals surface area contributed by atoms with Gasteiger partial charge in [-0.15, -0.1) is 0 Å². The van der Waals surface area contributed by atoms with Gasteiger partial charge < -0.3 is 5.32 Å². The average Bonchev–Trinajstić information content (AvgIpc) is 2.19. The average molecular weight is 213 g/mol. The number of unbranched alkanes of at least 4 members (excludes halogenated alkanes) is 2. The van der Waals surface area contributed by atoms with Crippen molar-refractivity contribution in [3.63, 3.8) is 0 Å². The maximum Gasteiger partial charge on any atom is 0.000516 e. The van der Waals surface area contributed by atoms with Crippen LogP contribution in [0.3, 0.4) is 0 Å². The van der Waals surface area contributed by atoms with E-state index in [0.717, 1.165) is 0 Å². The summed E-state index contributed by atoms with van der Waals surface area (Å²) in [5.41, 5.74) is 0.541. The third-order valence-corrected chi connectivity index (χ3v) is 3.22. The summed E-state index contributed by atoms with van der Waals surface area (Å²) in [7, 11) is 0. The molecule has 0 saturated carbocycles. The maximum absolute atomic E-state index is 3.59. The predicted molar refractivity (Wildman–Crippen MR) is 70.3 cm³/mol. The Morgan fingerprint density at radius 1 is 0.867 bits per heavy atom. The lowest BCUT2D eigenvalue weighted by Gasteiger charge is -2.30. The Morgan fingerprint density at radius 3 is 2.13 bits per heavy atom. The first-order chi connectivity index (χ1) is 7.18. The Kier molecular flexibility index (Phi) is 9.18. The molecule has 0 radical (unpaired) electrons.